The van der Waals surface area contributed by atoms with Gasteiger partial charge in [0, 0.05) is 25.4 Å². The maximum atomic E-state index is 12.1. The number of aromatic nitrogens is 4. The zero-order chi connectivity index (χ0) is 13.3. The van der Waals surface area contributed by atoms with Crippen molar-refractivity contribution in [1.82, 2.24) is 19.6 Å². The molecular formula is C10H15N5O2S. The van der Waals surface area contributed by atoms with Crippen LogP contribution in [0.25, 0.3) is 0 Å². The molecule has 8 heteroatoms. The van der Waals surface area contributed by atoms with Crippen LogP contribution < -0.4 is 4.72 Å². The molecule has 0 saturated carbocycles. The van der Waals surface area contributed by atoms with Crippen molar-refractivity contribution in [3.63, 3.8) is 0 Å². The second kappa shape index (κ2) is 4.45. The summed E-state index contributed by atoms with van der Waals surface area (Å²) in [6.07, 6.45) is 4.36. The molecule has 0 unspecified atom stereocenters. The minimum Gasteiger partial charge on any atom is -0.269 e. The largest absolute Gasteiger partial charge is 0.269 e. The molecule has 0 radical (unpaired) electrons. The first-order chi connectivity index (χ1) is 8.40. The summed E-state index contributed by atoms with van der Waals surface area (Å²) in [5, 5.41) is 7.91. The molecule has 0 bridgehead atoms. The van der Waals surface area contributed by atoms with E-state index in [9.17, 15) is 8.42 Å². The Labute approximate surface area is 105 Å². The van der Waals surface area contributed by atoms with Crippen LogP contribution in [-0.4, -0.2) is 28.0 Å². The molecule has 0 aliphatic carbocycles. The lowest BCUT2D eigenvalue weighted by Crippen LogP contribution is -2.15. The topological polar surface area (TPSA) is 81.8 Å². The van der Waals surface area contributed by atoms with Crippen molar-refractivity contribution in [2.24, 2.45) is 7.05 Å². The van der Waals surface area contributed by atoms with Crippen molar-refractivity contribution < 1.29 is 8.42 Å². The number of hydrogen-bond donors (Lipinski definition) is 1. The highest BCUT2D eigenvalue weighted by atomic mass is 32.2. The number of sulfonamides is 1. The molecule has 0 fully saturated rings. The summed E-state index contributed by atoms with van der Waals surface area (Å²) >= 11 is 0. The van der Waals surface area contributed by atoms with Crippen LogP contribution in [0.2, 0.25) is 0 Å². The first-order valence-corrected chi connectivity index (χ1v) is 6.93. The summed E-state index contributed by atoms with van der Waals surface area (Å²) in [7, 11) is -1.95. The van der Waals surface area contributed by atoms with Gasteiger partial charge in [-0.25, -0.2) is 8.42 Å². The molecule has 0 aliphatic heterocycles. The van der Waals surface area contributed by atoms with Crippen LogP contribution in [-0.2, 0) is 17.1 Å². The van der Waals surface area contributed by atoms with E-state index < -0.39 is 10.0 Å². The minimum absolute atomic E-state index is 0.116. The molecule has 18 heavy (non-hydrogen) atoms. The molecule has 2 heterocycles. The predicted octanol–water partition coefficient (Wildman–Crippen LogP) is 0.998. The third-order valence-corrected chi connectivity index (χ3v) is 3.79. The standard InChI is InChI=1S/C10H15N5O2S/c1-8(2)15-7-9(6-12-15)18(16,17)13-10-4-5-11-14(10)3/h4-8,13H,1-3H3. The molecule has 2 rings (SSSR count). The van der Waals surface area contributed by atoms with Crippen LogP contribution in [0, 0.1) is 0 Å². The van der Waals surface area contributed by atoms with E-state index in [1.165, 1.54) is 23.3 Å². The molecule has 0 amide bonds. The molecule has 2 aromatic rings. The third-order valence-electron chi connectivity index (χ3n) is 2.48. The maximum absolute atomic E-state index is 12.1. The monoisotopic (exact) mass is 269 g/mol. The summed E-state index contributed by atoms with van der Waals surface area (Å²) < 4.78 is 29.7. The highest BCUT2D eigenvalue weighted by Crippen LogP contribution is 2.15. The van der Waals surface area contributed by atoms with Gasteiger partial charge in [-0.2, -0.15) is 10.2 Å². The fourth-order valence-corrected chi connectivity index (χ4v) is 2.44. The molecule has 0 atom stereocenters. The van der Waals surface area contributed by atoms with Crippen molar-refractivity contribution >= 4 is 15.8 Å². The van der Waals surface area contributed by atoms with E-state index in [1.807, 2.05) is 13.8 Å². The molecule has 0 aliphatic rings. The van der Waals surface area contributed by atoms with Crippen LogP contribution >= 0.6 is 0 Å². The highest BCUT2D eigenvalue weighted by Gasteiger charge is 2.18. The normalized spacial score (nSPS) is 12.0. The summed E-state index contributed by atoms with van der Waals surface area (Å²) in [5.74, 6) is 0.410. The lowest BCUT2D eigenvalue weighted by Gasteiger charge is -2.06. The second-order valence-corrected chi connectivity index (χ2v) is 5.88. The average Bonchev–Trinajstić information content (AvgIpc) is 2.88. The molecule has 0 spiro atoms. The van der Waals surface area contributed by atoms with E-state index in [1.54, 1.807) is 17.8 Å². The van der Waals surface area contributed by atoms with Gasteiger partial charge in [0.25, 0.3) is 10.0 Å². The Morgan fingerprint density at radius 3 is 2.56 bits per heavy atom. The van der Waals surface area contributed by atoms with Crippen molar-refractivity contribution in [3.05, 3.63) is 24.7 Å². The maximum Gasteiger partial charge on any atom is 0.266 e. The summed E-state index contributed by atoms with van der Waals surface area (Å²) in [4.78, 5) is 0.136. The Hall–Kier alpha value is -1.83. The number of aryl methyl sites for hydroxylation is 1. The zero-order valence-electron chi connectivity index (χ0n) is 10.4. The Balaban J connectivity index is 2.28. The van der Waals surface area contributed by atoms with Gasteiger partial charge in [-0.05, 0) is 13.8 Å². The number of hydrogen-bond acceptors (Lipinski definition) is 4. The van der Waals surface area contributed by atoms with Gasteiger partial charge in [0.1, 0.15) is 10.7 Å². The van der Waals surface area contributed by atoms with Gasteiger partial charge in [-0.1, -0.05) is 0 Å². The minimum atomic E-state index is -3.61. The molecule has 0 saturated heterocycles. The van der Waals surface area contributed by atoms with Crippen LogP contribution in [0.3, 0.4) is 0 Å². The number of nitrogens with one attached hydrogen (secondary N) is 1. The molecule has 7 nitrogen and oxygen atoms in total. The van der Waals surface area contributed by atoms with Gasteiger partial charge in [-0.15, -0.1) is 0 Å². The van der Waals surface area contributed by atoms with Crippen molar-refractivity contribution in [2.45, 2.75) is 24.8 Å². The van der Waals surface area contributed by atoms with E-state index in [0.29, 0.717) is 5.82 Å². The summed E-state index contributed by atoms with van der Waals surface area (Å²) in [6.45, 7) is 3.86. The third kappa shape index (κ3) is 2.37. The van der Waals surface area contributed by atoms with Crippen molar-refractivity contribution in [1.29, 1.82) is 0 Å². The van der Waals surface area contributed by atoms with E-state index >= 15 is 0 Å². The molecule has 2 aromatic heterocycles. The quantitative estimate of drug-likeness (QED) is 0.897. The first kappa shape index (κ1) is 12.6. The molecule has 0 aromatic carbocycles. The van der Waals surface area contributed by atoms with Gasteiger partial charge in [-0.3, -0.25) is 14.1 Å². The van der Waals surface area contributed by atoms with Gasteiger partial charge in [0.15, 0.2) is 0 Å². The van der Waals surface area contributed by atoms with Gasteiger partial charge < -0.3 is 0 Å². The van der Waals surface area contributed by atoms with Crippen molar-refractivity contribution in [2.75, 3.05) is 4.72 Å². The predicted molar refractivity (Wildman–Crippen MR) is 66.6 cm³/mol. The highest BCUT2D eigenvalue weighted by molar-refractivity contribution is 7.92. The smallest absolute Gasteiger partial charge is 0.266 e. The van der Waals surface area contributed by atoms with Crippen LogP contribution in [0.1, 0.15) is 19.9 Å². The van der Waals surface area contributed by atoms with E-state index in [2.05, 4.69) is 14.9 Å². The molecule has 1 N–H and O–H groups in total. The van der Waals surface area contributed by atoms with E-state index in [-0.39, 0.29) is 10.9 Å². The fourth-order valence-electron chi connectivity index (χ4n) is 1.41. The lowest BCUT2D eigenvalue weighted by molar-refractivity contribution is 0.531. The summed E-state index contributed by atoms with van der Waals surface area (Å²) in [5.41, 5.74) is 0. The van der Waals surface area contributed by atoms with E-state index in [4.69, 9.17) is 0 Å². The number of anilines is 1. The van der Waals surface area contributed by atoms with Gasteiger partial charge in [0.05, 0.1) is 12.4 Å². The van der Waals surface area contributed by atoms with Crippen LogP contribution in [0.5, 0.6) is 0 Å². The van der Waals surface area contributed by atoms with Crippen molar-refractivity contribution in [3.8, 4) is 0 Å². The molecule has 98 valence electrons. The Bertz CT molecular complexity index is 641. The zero-order valence-corrected chi connectivity index (χ0v) is 11.2. The number of rotatable bonds is 4. The van der Waals surface area contributed by atoms with Crippen LogP contribution in [0.4, 0.5) is 5.82 Å². The van der Waals surface area contributed by atoms with Gasteiger partial charge in [0.2, 0.25) is 0 Å². The first-order valence-electron chi connectivity index (χ1n) is 5.45. The number of nitrogens with zero attached hydrogens (tertiary/aromatic N) is 4. The summed E-state index contributed by atoms with van der Waals surface area (Å²) in [6, 6.07) is 1.70. The fraction of sp³-hybridized carbons (Fsp3) is 0.400. The second-order valence-electron chi connectivity index (χ2n) is 4.20. The van der Waals surface area contributed by atoms with E-state index in [0.717, 1.165) is 0 Å². The van der Waals surface area contributed by atoms with Crippen LogP contribution in [0.15, 0.2) is 29.6 Å². The lowest BCUT2D eigenvalue weighted by atomic mass is 10.4. The molecular weight excluding hydrogens is 254 g/mol. The average molecular weight is 269 g/mol. The SMILES string of the molecule is CC(C)n1cc(S(=O)(=O)Nc2ccnn2C)cn1. The Morgan fingerprint density at radius 2 is 2.06 bits per heavy atom. The van der Waals surface area contributed by atoms with Gasteiger partial charge >= 0.3 is 0 Å². The Kier molecular flexibility index (Phi) is 3.12. The Morgan fingerprint density at radius 1 is 1.33 bits per heavy atom.